The number of aliphatic hydroxyl groups excluding tert-OH is 1. The van der Waals surface area contributed by atoms with Gasteiger partial charge in [-0.3, -0.25) is 9.97 Å². The quantitative estimate of drug-likeness (QED) is 0.788. The molecule has 1 atom stereocenters. The summed E-state index contributed by atoms with van der Waals surface area (Å²) in [6, 6.07) is 13.2. The zero-order valence-corrected chi connectivity index (χ0v) is 11.0. The molecule has 100 valence electrons. The van der Waals surface area contributed by atoms with Crippen LogP contribution in [0, 0.1) is 0 Å². The Morgan fingerprint density at radius 3 is 2.65 bits per heavy atom. The molecule has 0 unspecified atom stereocenters. The molecule has 3 rings (SSSR count). The Bertz CT molecular complexity index is 719. The number of rotatable bonds is 3. The third kappa shape index (κ3) is 2.46. The van der Waals surface area contributed by atoms with Crippen molar-refractivity contribution in [2.24, 2.45) is 0 Å². The second-order valence-electron chi connectivity index (χ2n) is 4.53. The van der Waals surface area contributed by atoms with Crippen molar-refractivity contribution in [2.75, 3.05) is 0 Å². The first-order chi connectivity index (χ1) is 9.74. The monoisotopic (exact) mass is 266 g/mol. The Kier molecular flexibility index (Phi) is 3.31. The molecule has 0 aliphatic heterocycles. The summed E-state index contributed by atoms with van der Waals surface area (Å²) in [6.45, 7) is 1.68. The van der Waals surface area contributed by atoms with Gasteiger partial charge in [-0.2, -0.15) is 0 Å². The number of fused-ring (bicyclic) bond motifs is 1. The lowest BCUT2D eigenvalue weighted by atomic mass is 10.2. The summed E-state index contributed by atoms with van der Waals surface area (Å²) < 4.78 is 5.82. The van der Waals surface area contributed by atoms with Gasteiger partial charge in [-0.25, -0.2) is 0 Å². The standard InChI is InChI=1S/C16H14N2O2/c1-11(19)14-8-7-13(10-18-14)20-15-6-2-4-12-5-3-9-17-16(12)15/h2-11,19H,1H3/t11-/m1/s1. The van der Waals surface area contributed by atoms with Gasteiger partial charge < -0.3 is 9.84 Å². The fourth-order valence-corrected chi connectivity index (χ4v) is 1.98. The minimum atomic E-state index is -0.580. The van der Waals surface area contributed by atoms with E-state index in [4.69, 9.17) is 4.74 Å². The number of para-hydroxylation sites is 1. The largest absolute Gasteiger partial charge is 0.453 e. The molecule has 4 heteroatoms. The van der Waals surface area contributed by atoms with Crippen molar-refractivity contribution in [1.29, 1.82) is 0 Å². The van der Waals surface area contributed by atoms with Gasteiger partial charge in [-0.05, 0) is 31.2 Å². The zero-order chi connectivity index (χ0) is 13.9. The van der Waals surface area contributed by atoms with Crippen molar-refractivity contribution < 1.29 is 9.84 Å². The van der Waals surface area contributed by atoms with Gasteiger partial charge in [0.1, 0.15) is 11.3 Å². The molecule has 2 aromatic heterocycles. The van der Waals surface area contributed by atoms with Crippen LogP contribution in [0.25, 0.3) is 10.9 Å². The third-order valence-electron chi connectivity index (χ3n) is 3.01. The molecule has 1 aromatic carbocycles. The third-order valence-corrected chi connectivity index (χ3v) is 3.01. The molecule has 0 saturated carbocycles. The maximum absolute atomic E-state index is 9.43. The van der Waals surface area contributed by atoms with Crippen LogP contribution in [0.15, 0.2) is 54.9 Å². The normalized spacial score (nSPS) is 12.3. The lowest BCUT2D eigenvalue weighted by Crippen LogP contribution is -1.95. The average Bonchev–Trinajstić information content (AvgIpc) is 2.48. The Morgan fingerprint density at radius 1 is 1.05 bits per heavy atom. The lowest BCUT2D eigenvalue weighted by Gasteiger charge is -2.09. The van der Waals surface area contributed by atoms with E-state index in [1.165, 1.54) is 0 Å². The Labute approximate surface area is 116 Å². The first-order valence-electron chi connectivity index (χ1n) is 6.39. The Hall–Kier alpha value is -2.46. The van der Waals surface area contributed by atoms with E-state index in [0.717, 1.165) is 10.9 Å². The van der Waals surface area contributed by atoms with E-state index in [1.807, 2.05) is 30.3 Å². The molecule has 4 nitrogen and oxygen atoms in total. The van der Waals surface area contributed by atoms with Crippen LogP contribution in [0.2, 0.25) is 0 Å². The van der Waals surface area contributed by atoms with Gasteiger partial charge in [0.25, 0.3) is 0 Å². The highest BCUT2D eigenvalue weighted by molar-refractivity contribution is 5.84. The minimum absolute atomic E-state index is 0.580. The second kappa shape index (κ2) is 5.27. The number of nitrogens with zero attached hydrogens (tertiary/aromatic N) is 2. The summed E-state index contributed by atoms with van der Waals surface area (Å²) >= 11 is 0. The molecule has 0 saturated heterocycles. The van der Waals surface area contributed by atoms with Crippen LogP contribution in [-0.2, 0) is 0 Å². The van der Waals surface area contributed by atoms with E-state index in [-0.39, 0.29) is 0 Å². The number of benzene rings is 1. The van der Waals surface area contributed by atoms with Crippen LogP contribution in [0.1, 0.15) is 18.7 Å². The number of ether oxygens (including phenoxy) is 1. The number of pyridine rings is 2. The molecule has 0 radical (unpaired) electrons. The second-order valence-corrected chi connectivity index (χ2v) is 4.53. The van der Waals surface area contributed by atoms with Gasteiger partial charge in [0.05, 0.1) is 18.0 Å². The van der Waals surface area contributed by atoms with Crippen LogP contribution in [-0.4, -0.2) is 15.1 Å². The highest BCUT2D eigenvalue weighted by Gasteiger charge is 2.06. The molecule has 0 bridgehead atoms. The number of hydrogen-bond donors (Lipinski definition) is 1. The van der Waals surface area contributed by atoms with Crippen LogP contribution in [0.5, 0.6) is 11.5 Å². The first kappa shape index (κ1) is 12.6. The van der Waals surface area contributed by atoms with Crippen molar-refractivity contribution in [2.45, 2.75) is 13.0 Å². The smallest absolute Gasteiger partial charge is 0.153 e. The molecule has 1 N–H and O–H groups in total. The molecular formula is C16H14N2O2. The Balaban J connectivity index is 1.93. The maximum atomic E-state index is 9.43. The van der Waals surface area contributed by atoms with Crippen LogP contribution >= 0.6 is 0 Å². The van der Waals surface area contributed by atoms with E-state index in [9.17, 15) is 5.11 Å². The van der Waals surface area contributed by atoms with E-state index < -0.39 is 6.10 Å². The molecule has 0 fully saturated rings. The van der Waals surface area contributed by atoms with Gasteiger partial charge in [-0.1, -0.05) is 18.2 Å². The van der Waals surface area contributed by atoms with Crippen LogP contribution < -0.4 is 4.74 Å². The first-order valence-corrected chi connectivity index (χ1v) is 6.39. The van der Waals surface area contributed by atoms with E-state index in [2.05, 4.69) is 9.97 Å². The van der Waals surface area contributed by atoms with Gasteiger partial charge in [-0.15, -0.1) is 0 Å². The van der Waals surface area contributed by atoms with Crippen molar-refractivity contribution in [3.8, 4) is 11.5 Å². The molecule has 0 spiro atoms. The molecule has 0 aliphatic carbocycles. The average molecular weight is 266 g/mol. The van der Waals surface area contributed by atoms with Crippen molar-refractivity contribution in [1.82, 2.24) is 9.97 Å². The lowest BCUT2D eigenvalue weighted by molar-refractivity contribution is 0.194. The SMILES string of the molecule is C[C@@H](O)c1ccc(Oc2cccc3cccnc23)cn1. The Morgan fingerprint density at radius 2 is 1.90 bits per heavy atom. The minimum Gasteiger partial charge on any atom is -0.453 e. The molecule has 20 heavy (non-hydrogen) atoms. The predicted octanol–water partition coefficient (Wildman–Crippen LogP) is 3.48. The van der Waals surface area contributed by atoms with Gasteiger partial charge in [0.2, 0.25) is 0 Å². The number of aliphatic hydroxyl groups is 1. The summed E-state index contributed by atoms with van der Waals surface area (Å²) in [6.07, 6.45) is 2.76. The van der Waals surface area contributed by atoms with Crippen molar-refractivity contribution in [3.05, 3.63) is 60.6 Å². The van der Waals surface area contributed by atoms with E-state index in [0.29, 0.717) is 17.2 Å². The van der Waals surface area contributed by atoms with E-state index in [1.54, 1.807) is 31.5 Å². The summed E-state index contributed by atoms with van der Waals surface area (Å²) in [7, 11) is 0. The maximum Gasteiger partial charge on any atom is 0.153 e. The molecule has 3 aromatic rings. The molecule has 0 aliphatic rings. The van der Waals surface area contributed by atoms with Gasteiger partial charge in [0.15, 0.2) is 5.75 Å². The summed E-state index contributed by atoms with van der Waals surface area (Å²) in [4.78, 5) is 8.50. The van der Waals surface area contributed by atoms with Crippen LogP contribution in [0.4, 0.5) is 0 Å². The molecule has 0 amide bonds. The van der Waals surface area contributed by atoms with E-state index >= 15 is 0 Å². The number of hydrogen-bond acceptors (Lipinski definition) is 4. The fraction of sp³-hybridized carbons (Fsp3) is 0.125. The van der Waals surface area contributed by atoms with Gasteiger partial charge in [0, 0.05) is 11.6 Å². The fourth-order valence-electron chi connectivity index (χ4n) is 1.98. The zero-order valence-electron chi connectivity index (χ0n) is 11.0. The molecular weight excluding hydrogens is 252 g/mol. The van der Waals surface area contributed by atoms with Gasteiger partial charge >= 0.3 is 0 Å². The van der Waals surface area contributed by atoms with Crippen molar-refractivity contribution in [3.63, 3.8) is 0 Å². The predicted molar refractivity (Wildman–Crippen MR) is 76.7 cm³/mol. The summed E-state index contributed by atoms with van der Waals surface area (Å²) in [5.41, 5.74) is 1.43. The highest BCUT2D eigenvalue weighted by atomic mass is 16.5. The molecule has 2 heterocycles. The summed E-state index contributed by atoms with van der Waals surface area (Å²) in [5.74, 6) is 1.31. The summed E-state index contributed by atoms with van der Waals surface area (Å²) in [5, 5.41) is 10.5. The highest BCUT2D eigenvalue weighted by Crippen LogP contribution is 2.28. The van der Waals surface area contributed by atoms with Crippen molar-refractivity contribution >= 4 is 10.9 Å². The number of aromatic nitrogens is 2. The van der Waals surface area contributed by atoms with Crippen LogP contribution in [0.3, 0.4) is 0 Å². The topological polar surface area (TPSA) is 55.2 Å².